The summed E-state index contributed by atoms with van der Waals surface area (Å²) < 4.78 is 7.15. The molecule has 0 spiro atoms. The van der Waals surface area contributed by atoms with Crippen molar-refractivity contribution in [3.63, 3.8) is 0 Å². The number of hydrazine groups is 1. The van der Waals surface area contributed by atoms with Gasteiger partial charge in [0.25, 0.3) is 0 Å². The molecule has 0 amide bonds. The molecular formula is C22H29N7OS. The first-order valence-electron chi connectivity index (χ1n) is 10.4. The molecule has 164 valence electrons. The smallest absolute Gasteiger partial charge is 0.154 e. The Balaban J connectivity index is 1.48. The summed E-state index contributed by atoms with van der Waals surface area (Å²) in [6, 6.07) is 14.2. The number of aromatic nitrogens is 1. The van der Waals surface area contributed by atoms with Crippen LogP contribution in [-0.4, -0.2) is 48.0 Å². The van der Waals surface area contributed by atoms with Crippen molar-refractivity contribution in [3.8, 4) is 5.75 Å². The lowest BCUT2D eigenvalue weighted by Crippen LogP contribution is -2.46. The van der Waals surface area contributed by atoms with Crippen molar-refractivity contribution in [1.82, 2.24) is 15.4 Å². The molecule has 1 fully saturated rings. The van der Waals surface area contributed by atoms with Crippen LogP contribution < -0.4 is 26.7 Å². The highest BCUT2D eigenvalue weighted by Gasteiger charge is 2.22. The molecule has 4 rings (SSSR count). The van der Waals surface area contributed by atoms with Crippen molar-refractivity contribution in [2.75, 3.05) is 31.1 Å². The van der Waals surface area contributed by atoms with Gasteiger partial charge in [0.05, 0.1) is 28.6 Å². The first kappa shape index (κ1) is 21.4. The fourth-order valence-electron chi connectivity index (χ4n) is 3.79. The Morgan fingerprint density at radius 3 is 2.68 bits per heavy atom. The second-order valence-electron chi connectivity index (χ2n) is 7.81. The van der Waals surface area contributed by atoms with Crippen LogP contribution in [0.2, 0.25) is 0 Å². The van der Waals surface area contributed by atoms with E-state index in [4.69, 9.17) is 21.3 Å². The van der Waals surface area contributed by atoms with Crippen LogP contribution in [0.15, 0.2) is 47.6 Å². The Labute approximate surface area is 186 Å². The number of ether oxygens (including phenoxy) is 1. The summed E-state index contributed by atoms with van der Waals surface area (Å²) in [6.07, 6.45) is 0.0982. The Morgan fingerprint density at radius 1 is 1.19 bits per heavy atom. The molecule has 0 aliphatic carbocycles. The van der Waals surface area contributed by atoms with E-state index in [0.717, 1.165) is 60.2 Å². The zero-order valence-corrected chi connectivity index (χ0v) is 18.7. The molecule has 0 unspecified atom stereocenters. The number of hydrazone groups is 1. The average Bonchev–Trinajstić information content (AvgIpc) is 3.16. The quantitative estimate of drug-likeness (QED) is 0.225. The van der Waals surface area contributed by atoms with E-state index in [1.165, 1.54) is 4.70 Å². The van der Waals surface area contributed by atoms with Gasteiger partial charge in [-0.1, -0.05) is 12.1 Å². The number of fused-ring (bicyclic) bond motifs is 1. The lowest BCUT2D eigenvalue weighted by atomic mass is 10.1. The molecule has 31 heavy (non-hydrogen) atoms. The first-order chi connectivity index (χ1) is 15.0. The van der Waals surface area contributed by atoms with Crippen LogP contribution in [0.1, 0.15) is 24.4 Å². The van der Waals surface area contributed by atoms with E-state index in [1.807, 2.05) is 38.1 Å². The molecule has 8 nitrogen and oxygen atoms in total. The van der Waals surface area contributed by atoms with Crippen molar-refractivity contribution in [3.05, 3.63) is 53.0 Å². The Morgan fingerprint density at radius 2 is 1.97 bits per heavy atom. The number of thiazole rings is 1. The standard InChI is InChI=1S/C22H29N7OS/c1-15(2)30-16-7-8-17(22(23)26-27-24)19(13-16)29-11-9-28(10-12-29)14-21-25-18-5-3-4-6-20(18)31-21/h3-8,13,15,27H,9-12,14,24H2,1-2H3,(H2,23,26). The molecule has 1 aromatic heterocycles. The van der Waals surface area contributed by atoms with Crippen LogP contribution in [0.25, 0.3) is 10.2 Å². The summed E-state index contributed by atoms with van der Waals surface area (Å²) >= 11 is 1.77. The van der Waals surface area contributed by atoms with Crippen molar-refractivity contribution >= 4 is 33.1 Å². The van der Waals surface area contributed by atoms with Crippen LogP contribution in [-0.2, 0) is 6.54 Å². The molecule has 2 heterocycles. The molecule has 9 heteroatoms. The van der Waals surface area contributed by atoms with E-state index in [1.54, 1.807) is 11.3 Å². The van der Waals surface area contributed by atoms with Gasteiger partial charge < -0.3 is 15.4 Å². The number of amidine groups is 1. The number of hydrogen-bond donors (Lipinski definition) is 3. The number of hydrogen-bond acceptors (Lipinski definition) is 8. The Kier molecular flexibility index (Phi) is 6.55. The number of nitrogens with one attached hydrogen (secondary N) is 1. The number of benzene rings is 2. The number of piperazine rings is 1. The molecule has 0 radical (unpaired) electrons. The third-order valence-electron chi connectivity index (χ3n) is 5.21. The molecule has 1 saturated heterocycles. The molecule has 1 aliphatic rings. The van der Waals surface area contributed by atoms with Crippen molar-refractivity contribution in [1.29, 1.82) is 0 Å². The van der Waals surface area contributed by atoms with E-state index in [9.17, 15) is 0 Å². The normalized spacial score (nSPS) is 15.6. The van der Waals surface area contributed by atoms with Gasteiger partial charge in [0.15, 0.2) is 5.84 Å². The zero-order chi connectivity index (χ0) is 21.8. The third-order valence-corrected chi connectivity index (χ3v) is 6.23. The minimum absolute atomic E-state index is 0.0982. The van der Waals surface area contributed by atoms with Crippen LogP contribution >= 0.6 is 11.3 Å². The molecule has 5 N–H and O–H groups in total. The van der Waals surface area contributed by atoms with Gasteiger partial charge in [0.2, 0.25) is 0 Å². The largest absolute Gasteiger partial charge is 0.491 e. The van der Waals surface area contributed by atoms with Gasteiger partial charge in [-0.15, -0.1) is 16.4 Å². The highest BCUT2D eigenvalue weighted by Crippen LogP contribution is 2.29. The van der Waals surface area contributed by atoms with E-state index in [-0.39, 0.29) is 6.10 Å². The molecule has 2 aromatic carbocycles. The fraction of sp³-hybridized carbons (Fsp3) is 0.364. The molecule has 3 aromatic rings. The highest BCUT2D eigenvalue weighted by atomic mass is 32.1. The predicted molar refractivity (Wildman–Crippen MR) is 127 cm³/mol. The van der Waals surface area contributed by atoms with Gasteiger partial charge in [0, 0.05) is 37.8 Å². The second-order valence-corrected chi connectivity index (χ2v) is 8.93. The van der Waals surface area contributed by atoms with Gasteiger partial charge >= 0.3 is 0 Å². The monoisotopic (exact) mass is 439 g/mol. The van der Waals surface area contributed by atoms with E-state index in [2.05, 4.69) is 38.6 Å². The molecule has 0 bridgehead atoms. The molecule has 0 atom stereocenters. The van der Waals surface area contributed by atoms with Crippen LogP contribution in [0, 0.1) is 0 Å². The second kappa shape index (κ2) is 9.51. The highest BCUT2D eigenvalue weighted by molar-refractivity contribution is 7.18. The topological polar surface area (TPSA) is 105 Å². The maximum absolute atomic E-state index is 6.15. The summed E-state index contributed by atoms with van der Waals surface area (Å²) in [4.78, 5) is 9.55. The first-order valence-corrected chi connectivity index (χ1v) is 11.3. The van der Waals surface area contributed by atoms with Gasteiger partial charge in [-0.3, -0.25) is 4.90 Å². The molecular weight excluding hydrogens is 410 g/mol. The summed E-state index contributed by atoms with van der Waals surface area (Å²) in [5.41, 5.74) is 11.4. The number of rotatable bonds is 7. The van der Waals surface area contributed by atoms with Gasteiger partial charge in [-0.2, -0.15) is 0 Å². The summed E-state index contributed by atoms with van der Waals surface area (Å²) in [5.74, 6) is 6.51. The summed E-state index contributed by atoms with van der Waals surface area (Å²) in [7, 11) is 0. The van der Waals surface area contributed by atoms with E-state index in [0.29, 0.717) is 5.84 Å². The fourth-order valence-corrected chi connectivity index (χ4v) is 4.80. The zero-order valence-electron chi connectivity index (χ0n) is 17.9. The lowest BCUT2D eigenvalue weighted by Gasteiger charge is -2.36. The minimum atomic E-state index is 0.0982. The van der Waals surface area contributed by atoms with E-state index >= 15 is 0 Å². The summed E-state index contributed by atoms with van der Waals surface area (Å²) in [6.45, 7) is 8.55. The molecule has 0 saturated carbocycles. The number of nitrogens with zero attached hydrogens (tertiary/aromatic N) is 4. The average molecular weight is 440 g/mol. The van der Waals surface area contributed by atoms with Gasteiger partial charge in [-0.05, 0) is 38.1 Å². The van der Waals surface area contributed by atoms with Crippen LogP contribution in [0.4, 0.5) is 5.69 Å². The Hall–Kier alpha value is -2.88. The number of anilines is 1. The van der Waals surface area contributed by atoms with Crippen LogP contribution in [0.5, 0.6) is 5.75 Å². The minimum Gasteiger partial charge on any atom is -0.491 e. The SMILES string of the molecule is CC(C)Oc1ccc(/C(N)=N/NN)c(N2CCN(Cc3nc4ccccc4s3)CC2)c1. The maximum atomic E-state index is 6.15. The molecule has 1 aliphatic heterocycles. The lowest BCUT2D eigenvalue weighted by molar-refractivity contribution is 0.241. The number of nitrogens with two attached hydrogens (primary N) is 2. The summed E-state index contributed by atoms with van der Waals surface area (Å²) in [5, 5.41) is 5.13. The van der Waals surface area contributed by atoms with Crippen molar-refractivity contribution in [2.24, 2.45) is 16.7 Å². The Bertz CT molecular complexity index is 1020. The van der Waals surface area contributed by atoms with Gasteiger partial charge in [-0.25, -0.2) is 16.4 Å². The van der Waals surface area contributed by atoms with Gasteiger partial charge in [0.1, 0.15) is 10.8 Å². The predicted octanol–water partition coefficient (Wildman–Crippen LogP) is 2.49. The third kappa shape index (κ3) is 5.07. The maximum Gasteiger partial charge on any atom is 0.154 e. The van der Waals surface area contributed by atoms with Crippen LogP contribution in [0.3, 0.4) is 0 Å². The van der Waals surface area contributed by atoms with E-state index < -0.39 is 0 Å². The van der Waals surface area contributed by atoms with Crippen molar-refractivity contribution < 1.29 is 4.74 Å². The number of para-hydroxylation sites is 1. The van der Waals surface area contributed by atoms with Crippen molar-refractivity contribution in [2.45, 2.75) is 26.5 Å².